The molecule has 1 aliphatic heterocycles. The van der Waals surface area contributed by atoms with E-state index in [2.05, 4.69) is 18.7 Å². The smallest absolute Gasteiger partial charge is 0.222 e. The molecule has 1 saturated carbocycles. The maximum atomic E-state index is 11.6. The molecule has 1 saturated heterocycles. The molecule has 0 aromatic heterocycles. The first-order valence-corrected chi connectivity index (χ1v) is 5.88. The lowest BCUT2D eigenvalue weighted by Crippen LogP contribution is -2.40. The Morgan fingerprint density at radius 1 is 1.29 bits per heavy atom. The van der Waals surface area contributed by atoms with E-state index in [9.17, 15) is 4.79 Å². The summed E-state index contributed by atoms with van der Waals surface area (Å²) in [4.78, 5) is 13.7. The van der Waals surface area contributed by atoms with Gasteiger partial charge >= 0.3 is 0 Å². The van der Waals surface area contributed by atoms with Crippen molar-refractivity contribution < 1.29 is 4.79 Å². The molecule has 1 aliphatic carbocycles. The standard InChI is InChI=1S/C12H21NO/c1-12(2)7-5-10(6-8-12)13-9-3-4-11(13)14/h10H,3-9H2,1-2H3. The predicted octanol–water partition coefficient (Wildman–Crippen LogP) is 2.58. The molecule has 0 bridgehead atoms. The largest absolute Gasteiger partial charge is 0.340 e. The van der Waals surface area contributed by atoms with Crippen LogP contribution in [-0.2, 0) is 4.79 Å². The Morgan fingerprint density at radius 2 is 1.93 bits per heavy atom. The van der Waals surface area contributed by atoms with Gasteiger partial charge in [-0.1, -0.05) is 13.8 Å². The van der Waals surface area contributed by atoms with Crippen molar-refractivity contribution in [3.05, 3.63) is 0 Å². The zero-order valence-electron chi connectivity index (χ0n) is 9.38. The van der Waals surface area contributed by atoms with Gasteiger partial charge in [0.1, 0.15) is 0 Å². The van der Waals surface area contributed by atoms with Crippen LogP contribution in [0.4, 0.5) is 0 Å². The molecule has 14 heavy (non-hydrogen) atoms. The van der Waals surface area contributed by atoms with Crippen LogP contribution in [0.25, 0.3) is 0 Å². The Morgan fingerprint density at radius 3 is 2.43 bits per heavy atom. The van der Waals surface area contributed by atoms with Crippen molar-refractivity contribution in [2.75, 3.05) is 6.54 Å². The highest BCUT2D eigenvalue weighted by molar-refractivity contribution is 5.78. The van der Waals surface area contributed by atoms with E-state index in [1.807, 2.05) is 0 Å². The summed E-state index contributed by atoms with van der Waals surface area (Å²) in [6.45, 7) is 5.70. The minimum absolute atomic E-state index is 0.398. The van der Waals surface area contributed by atoms with Crippen LogP contribution < -0.4 is 0 Å². The second-order valence-electron chi connectivity index (χ2n) is 5.59. The Kier molecular flexibility index (Phi) is 2.54. The third kappa shape index (κ3) is 1.94. The lowest BCUT2D eigenvalue weighted by molar-refractivity contribution is -0.130. The van der Waals surface area contributed by atoms with Crippen LogP contribution in [0, 0.1) is 5.41 Å². The summed E-state index contributed by atoms with van der Waals surface area (Å²) < 4.78 is 0. The summed E-state index contributed by atoms with van der Waals surface area (Å²) in [5.74, 6) is 0.398. The average molecular weight is 195 g/mol. The quantitative estimate of drug-likeness (QED) is 0.629. The molecule has 2 rings (SSSR count). The normalized spacial score (nSPS) is 28.4. The van der Waals surface area contributed by atoms with Gasteiger partial charge in [0.15, 0.2) is 0 Å². The van der Waals surface area contributed by atoms with Gasteiger partial charge in [0, 0.05) is 19.0 Å². The first-order valence-electron chi connectivity index (χ1n) is 5.88. The second kappa shape index (κ2) is 3.56. The summed E-state index contributed by atoms with van der Waals surface area (Å²) in [6, 6.07) is 0.568. The molecule has 0 unspecified atom stereocenters. The number of nitrogens with zero attached hydrogens (tertiary/aromatic N) is 1. The number of hydrogen-bond acceptors (Lipinski definition) is 1. The minimum Gasteiger partial charge on any atom is -0.340 e. The number of likely N-dealkylation sites (tertiary alicyclic amines) is 1. The summed E-state index contributed by atoms with van der Waals surface area (Å²) >= 11 is 0. The summed E-state index contributed by atoms with van der Waals surface area (Å²) in [6.07, 6.45) is 6.87. The zero-order chi connectivity index (χ0) is 10.2. The van der Waals surface area contributed by atoms with Crippen LogP contribution in [0.3, 0.4) is 0 Å². The van der Waals surface area contributed by atoms with Gasteiger partial charge in [-0.2, -0.15) is 0 Å². The third-order valence-corrected chi connectivity index (χ3v) is 3.86. The lowest BCUT2D eigenvalue weighted by atomic mass is 9.75. The van der Waals surface area contributed by atoms with E-state index in [0.717, 1.165) is 19.4 Å². The van der Waals surface area contributed by atoms with Crippen LogP contribution in [-0.4, -0.2) is 23.4 Å². The molecule has 0 N–H and O–H groups in total. The second-order valence-corrected chi connectivity index (χ2v) is 5.59. The van der Waals surface area contributed by atoms with Gasteiger partial charge in [0.05, 0.1) is 0 Å². The Bertz CT molecular complexity index is 224. The molecule has 0 aromatic rings. The van der Waals surface area contributed by atoms with E-state index < -0.39 is 0 Å². The van der Waals surface area contributed by atoms with Crippen molar-refractivity contribution in [3.63, 3.8) is 0 Å². The number of rotatable bonds is 1. The van der Waals surface area contributed by atoms with Crippen molar-refractivity contribution in [1.29, 1.82) is 0 Å². The molecule has 1 amide bonds. The molecule has 80 valence electrons. The van der Waals surface area contributed by atoms with Crippen molar-refractivity contribution in [2.24, 2.45) is 5.41 Å². The van der Waals surface area contributed by atoms with Gasteiger partial charge in [0.25, 0.3) is 0 Å². The van der Waals surface area contributed by atoms with Gasteiger partial charge in [-0.05, 0) is 37.5 Å². The van der Waals surface area contributed by atoms with Crippen molar-refractivity contribution in [2.45, 2.75) is 58.4 Å². The highest BCUT2D eigenvalue weighted by Crippen LogP contribution is 2.37. The van der Waals surface area contributed by atoms with E-state index in [1.54, 1.807) is 0 Å². The van der Waals surface area contributed by atoms with Gasteiger partial charge in [0.2, 0.25) is 5.91 Å². The van der Waals surface area contributed by atoms with Crippen LogP contribution >= 0.6 is 0 Å². The highest BCUT2D eigenvalue weighted by Gasteiger charge is 2.33. The fourth-order valence-corrected chi connectivity index (χ4v) is 2.75. The van der Waals surface area contributed by atoms with Crippen molar-refractivity contribution >= 4 is 5.91 Å². The molecular weight excluding hydrogens is 174 g/mol. The first-order chi connectivity index (χ1) is 6.58. The molecule has 2 nitrogen and oxygen atoms in total. The van der Waals surface area contributed by atoms with Crippen molar-refractivity contribution in [1.82, 2.24) is 4.90 Å². The van der Waals surface area contributed by atoms with Gasteiger partial charge in [-0.3, -0.25) is 4.79 Å². The van der Waals surface area contributed by atoms with E-state index in [1.165, 1.54) is 25.7 Å². The molecular formula is C12H21NO. The topological polar surface area (TPSA) is 20.3 Å². The molecule has 0 radical (unpaired) electrons. The molecule has 2 heteroatoms. The molecule has 1 heterocycles. The SMILES string of the molecule is CC1(C)CCC(N2CCCC2=O)CC1. The summed E-state index contributed by atoms with van der Waals surface area (Å²) in [5.41, 5.74) is 0.513. The zero-order valence-corrected chi connectivity index (χ0v) is 9.38. The Hall–Kier alpha value is -0.530. The Balaban J connectivity index is 1.92. The Labute approximate surface area is 86.7 Å². The molecule has 2 aliphatic rings. The predicted molar refractivity (Wildman–Crippen MR) is 57.0 cm³/mol. The molecule has 0 aromatic carbocycles. The number of carbonyl (C=O) groups excluding carboxylic acids is 1. The van der Waals surface area contributed by atoms with Gasteiger partial charge < -0.3 is 4.90 Å². The van der Waals surface area contributed by atoms with Crippen LogP contribution in [0.15, 0.2) is 0 Å². The highest BCUT2D eigenvalue weighted by atomic mass is 16.2. The summed E-state index contributed by atoms with van der Waals surface area (Å²) in [5, 5.41) is 0. The van der Waals surface area contributed by atoms with Gasteiger partial charge in [-0.25, -0.2) is 0 Å². The first kappa shape index (κ1) is 10.0. The number of hydrogen-bond donors (Lipinski definition) is 0. The fraction of sp³-hybridized carbons (Fsp3) is 0.917. The van der Waals surface area contributed by atoms with Gasteiger partial charge in [-0.15, -0.1) is 0 Å². The molecule has 0 atom stereocenters. The maximum absolute atomic E-state index is 11.6. The maximum Gasteiger partial charge on any atom is 0.222 e. The average Bonchev–Trinajstić information content (AvgIpc) is 2.52. The summed E-state index contributed by atoms with van der Waals surface area (Å²) in [7, 11) is 0. The molecule has 2 fully saturated rings. The van der Waals surface area contributed by atoms with Crippen LogP contribution in [0.5, 0.6) is 0 Å². The van der Waals surface area contributed by atoms with E-state index >= 15 is 0 Å². The van der Waals surface area contributed by atoms with E-state index in [0.29, 0.717) is 17.4 Å². The number of carbonyl (C=O) groups is 1. The van der Waals surface area contributed by atoms with Crippen LogP contribution in [0.2, 0.25) is 0 Å². The fourth-order valence-electron chi connectivity index (χ4n) is 2.75. The monoisotopic (exact) mass is 195 g/mol. The van der Waals surface area contributed by atoms with E-state index in [4.69, 9.17) is 0 Å². The third-order valence-electron chi connectivity index (χ3n) is 3.86. The van der Waals surface area contributed by atoms with E-state index in [-0.39, 0.29) is 0 Å². The minimum atomic E-state index is 0.398. The number of amides is 1. The van der Waals surface area contributed by atoms with Crippen molar-refractivity contribution in [3.8, 4) is 0 Å². The lowest BCUT2D eigenvalue weighted by Gasteiger charge is -2.38. The molecule has 0 spiro atoms. The van der Waals surface area contributed by atoms with Crippen LogP contribution in [0.1, 0.15) is 52.4 Å².